The number of amides is 1. The van der Waals surface area contributed by atoms with Crippen LogP contribution in [0.2, 0.25) is 10.0 Å². The van der Waals surface area contributed by atoms with Crippen molar-refractivity contribution < 1.29 is 13.2 Å². The van der Waals surface area contributed by atoms with Crippen LogP contribution in [0.3, 0.4) is 0 Å². The maximum absolute atomic E-state index is 12.7. The average molecular weight is 399 g/mol. The van der Waals surface area contributed by atoms with E-state index in [-0.39, 0.29) is 21.5 Å². The van der Waals surface area contributed by atoms with E-state index in [9.17, 15) is 13.2 Å². The van der Waals surface area contributed by atoms with Gasteiger partial charge < -0.3 is 4.90 Å². The maximum Gasteiger partial charge on any atom is 0.261 e. The molecule has 1 N–H and O–H groups in total. The van der Waals surface area contributed by atoms with E-state index in [4.69, 9.17) is 23.2 Å². The van der Waals surface area contributed by atoms with Crippen LogP contribution in [0, 0.1) is 0 Å². The number of rotatable bonds is 3. The zero-order valence-electron chi connectivity index (χ0n) is 13.4. The second-order valence-corrected chi connectivity index (χ2v) is 8.38. The van der Waals surface area contributed by atoms with E-state index in [1.54, 1.807) is 29.2 Å². The molecule has 1 aliphatic heterocycles. The summed E-state index contributed by atoms with van der Waals surface area (Å²) in [6.07, 6.45) is 0.711. The van der Waals surface area contributed by atoms with Gasteiger partial charge in [0.05, 0.1) is 15.6 Å². The molecule has 132 valence electrons. The van der Waals surface area contributed by atoms with Crippen LogP contribution < -0.4 is 4.72 Å². The predicted octanol–water partition coefficient (Wildman–Crippen LogP) is 3.70. The summed E-state index contributed by atoms with van der Waals surface area (Å²) < 4.78 is 27.8. The van der Waals surface area contributed by atoms with Crippen molar-refractivity contribution in [2.24, 2.45) is 0 Å². The topological polar surface area (TPSA) is 66.5 Å². The largest absolute Gasteiger partial charge is 0.338 e. The number of sulfonamides is 1. The minimum Gasteiger partial charge on any atom is -0.338 e. The van der Waals surface area contributed by atoms with Crippen molar-refractivity contribution in [2.45, 2.75) is 24.8 Å². The molecule has 3 rings (SSSR count). The van der Waals surface area contributed by atoms with E-state index in [0.717, 1.165) is 11.1 Å². The van der Waals surface area contributed by atoms with Crippen LogP contribution in [-0.2, 0) is 27.8 Å². The first-order valence-corrected chi connectivity index (χ1v) is 9.85. The van der Waals surface area contributed by atoms with Crippen LogP contribution in [0.1, 0.15) is 18.1 Å². The number of carbonyl (C=O) groups is 1. The third-order valence-electron chi connectivity index (χ3n) is 4.12. The first kappa shape index (κ1) is 18.0. The van der Waals surface area contributed by atoms with E-state index in [2.05, 4.69) is 4.72 Å². The van der Waals surface area contributed by atoms with Crippen molar-refractivity contribution in [2.75, 3.05) is 11.3 Å². The van der Waals surface area contributed by atoms with Crippen molar-refractivity contribution >= 4 is 44.8 Å². The van der Waals surface area contributed by atoms with Crippen LogP contribution in [-0.4, -0.2) is 25.8 Å². The second kappa shape index (κ2) is 6.86. The molecule has 0 aliphatic carbocycles. The molecule has 0 fully saturated rings. The van der Waals surface area contributed by atoms with Crippen LogP contribution in [0.5, 0.6) is 0 Å². The quantitative estimate of drug-likeness (QED) is 0.856. The summed E-state index contributed by atoms with van der Waals surface area (Å²) in [4.78, 5) is 13.4. The Labute approximate surface area is 156 Å². The second-order valence-electron chi connectivity index (χ2n) is 5.85. The Balaban J connectivity index is 1.92. The number of fused-ring (bicyclic) bond motifs is 1. The Morgan fingerprint density at radius 3 is 2.60 bits per heavy atom. The molecule has 0 saturated heterocycles. The summed E-state index contributed by atoms with van der Waals surface area (Å²) in [5.74, 6) is -0.0252. The fraction of sp³-hybridized carbons (Fsp3) is 0.235. The maximum atomic E-state index is 12.7. The number of benzene rings is 2. The van der Waals surface area contributed by atoms with Gasteiger partial charge in [-0.3, -0.25) is 9.52 Å². The number of carbonyl (C=O) groups excluding carboxylic acids is 1. The third-order valence-corrected chi connectivity index (χ3v) is 6.05. The lowest BCUT2D eigenvalue weighted by Gasteiger charge is -2.28. The molecule has 0 unspecified atom stereocenters. The summed E-state index contributed by atoms with van der Waals surface area (Å²) in [7, 11) is -3.82. The van der Waals surface area contributed by atoms with Gasteiger partial charge >= 0.3 is 0 Å². The number of hydrogen-bond donors (Lipinski definition) is 1. The van der Waals surface area contributed by atoms with E-state index < -0.39 is 10.0 Å². The van der Waals surface area contributed by atoms with Crippen molar-refractivity contribution in [1.29, 1.82) is 0 Å². The van der Waals surface area contributed by atoms with E-state index in [0.29, 0.717) is 24.5 Å². The summed E-state index contributed by atoms with van der Waals surface area (Å²) in [5.41, 5.74) is 2.11. The highest BCUT2D eigenvalue weighted by molar-refractivity contribution is 7.92. The molecular weight excluding hydrogens is 383 g/mol. The molecule has 0 spiro atoms. The Bertz CT molecular complexity index is 945. The van der Waals surface area contributed by atoms with Crippen molar-refractivity contribution in [1.82, 2.24) is 4.90 Å². The monoisotopic (exact) mass is 398 g/mol. The van der Waals surface area contributed by atoms with Gasteiger partial charge in [-0.15, -0.1) is 0 Å². The molecule has 0 atom stereocenters. The van der Waals surface area contributed by atoms with Gasteiger partial charge in [-0.2, -0.15) is 0 Å². The number of nitrogens with one attached hydrogen (secondary N) is 1. The first-order valence-electron chi connectivity index (χ1n) is 7.61. The standard InChI is InChI=1S/C17H16Cl2N2O3S/c1-11(22)21-7-6-12-2-4-15(8-13(12)10-21)25(23,24)20-17-9-14(18)3-5-16(17)19/h2-5,8-9,20H,6-7,10H2,1H3. The highest BCUT2D eigenvalue weighted by Crippen LogP contribution is 2.29. The van der Waals surface area contributed by atoms with Gasteiger partial charge in [0.1, 0.15) is 0 Å². The zero-order valence-corrected chi connectivity index (χ0v) is 15.7. The van der Waals surface area contributed by atoms with E-state index in [1.165, 1.54) is 19.1 Å². The Kier molecular flexibility index (Phi) is 4.95. The third kappa shape index (κ3) is 3.92. The van der Waals surface area contributed by atoms with Crippen molar-refractivity contribution in [3.8, 4) is 0 Å². The van der Waals surface area contributed by atoms with Crippen LogP contribution >= 0.6 is 23.2 Å². The van der Waals surface area contributed by atoms with Crippen molar-refractivity contribution in [3.63, 3.8) is 0 Å². The molecule has 0 bridgehead atoms. The minimum atomic E-state index is -3.82. The Hall–Kier alpha value is -1.76. The molecule has 0 saturated carbocycles. The summed E-state index contributed by atoms with van der Waals surface area (Å²) in [6, 6.07) is 9.52. The molecule has 5 nitrogen and oxygen atoms in total. The lowest BCUT2D eigenvalue weighted by molar-refractivity contribution is -0.129. The number of anilines is 1. The van der Waals surface area contributed by atoms with Crippen LogP contribution in [0.4, 0.5) is 5.69 Å². The number of halogens is 2. The molecule has 1 heterocycles. The van der Waals surface area contributed by atoms with Gasteiger partial charge in [0, 0.05) is 25.0 Å². The first-order chi connectivity index (χ1) is 11.8. The molecular formula is C17H16Cl2N2O3S. The minimum absolute atomic E-state index is 0.0252. The fourth-order valence-electron chi connectivity index (χ4n) is 2.75. The molecule has 8 heteroatoms. The smallest absolute Gasteiger partial charge is 0.261 e. The summed E-state index contributed by atoms with van der Waals surface area (Å²) in [5, 5.41) is 0.637. The van der Waals surface area contributed by atoms with E-state index >= 15 is 0 Å². The zero-order chi connectivity index (χ0) is 18.2. The number of hydrogen-bond acceptors (Lipinski definition) is 3. The molecule has 2 aromatic rings. The predicted molar refractivity (Wildman–Crippen MR) is 98.5 cm³/mol. The van der Waals surface area contributed by atoms with Gasteiger partial charge in [-0.05, 0) is 47.9 Å². The van der Waals surface area contributed by atoms with Gasteiger partial charge in [0.15, 0.2) is 0 Å². The SMILES string of the molecule is CC(=O)N1CCc2ccc(S(=O)(=O)Nc3cc(Cl)ccc3Cl)cc2C1. The fourth-order valence-corrected chi connectivity index (χ4v) is 4.26. The lowest BCUT2D eigenvalue weighted by Crippen LogP contribution is -2.34. The molecule has 0 radical (unpaired) electrons. The molecule has 2 aromatic carbocycles. The molecule has 1 aliphatic rings. The number of nitrogens with zero attached hydrogens (tertiary/aromatic N) is 1. The van der Waals surface area contributed by atoms with Gasteiger partial charge in [-0.1, -0.05) is 29.3 Å². The normalized spacial score (nSPS) is 14.1. The summed E-state index contributed by atoms with van der Waals surface area (Å²) >= 11 is 11.9. The Morgan fingerprint density at radius 2 is 1.88 bits per heavy atom. The average Bonchev–Trinajstić information content (AvgIpc) is 2.57. The van der Waals surface area contributed by atoms with Crippen LogP contribution in [0.15, 0.2) is 41.3 Å². The van der Waals surface area contributed by atoms with Gasteiger partial charge in [-0.25, -0.2) is 8.42 Å². The van der Waals surface area contributed by atoms with Gasteiger partial charge in [0.2, 0.25) is 5.91 Å². The highest BCUT2D eigenvalue weighted by Gasteiger charge is 2.22. The Morgan fingerprint density at radius 1 is 1.12 bits per heavy atom. The molecule has 25 heavy (non-hydrogen) atoms. The van der Waals surface area contributed by atoms with Crippen LogP contribution in [0.25, 0.3) is 0 Å². The van der Waals surface area contributed by atoms with Crippen molar-refractivity contribution in [3.05, 3.63) is 57.6 Å². The summed E-state index contributed by atoms with van der Waals surface area (Å²) in [6.45, 7) is 2.56. The van der Waals surface area contributed by atoms with Gasteiger partial charge in [0.25, 0.3) is 10.0 Å². The highest BCUT2D eigenvalue weighted by atomic mass is 35.5. The molecule has 1 amide bonds. The van der Waals surface area contributed by atoms with E-state index in [1.807, 2.05) is 0 Å². The lowest BCUT2D eigenvalue weighted by atomic mass is 10.00. The molecule has 0 aromatic heterocycles.